The molecule has 106 valence electrons. The molecule has 3 N–H and O–H groups in total. The number of carbonyl (C=O) groups is 1. The van der Waals surface area contributed by atoms with Crippen LogP contribution in [-0.2, 0) is 0 Å². The minimum atomic E-state index is -0.778. The number of aliphatic hydroxyl groups is 1. The van der Waals surface area contributed by atoms with Gasteiger partial charge in [-0.2, -0.15) is 0 Å². The van der Waals surface area contributed by atoms with Gasteiger partial charge in [-0.1, -0.05) is 6.07 Å². The maximum Gasteiger partial charge on any atom is 0.319 e. The molecule has 0 spiro atoms. The van der Waals surface area contributed by atoms with Gasteiger partial charge in [-0.05, 0) is 43.2 Å². The molecule has 2 amide bonds. The molecule has 1 aromatic carbocycles. The Hall–Kier alpha value is -2.27. The zero-order valence-corrected chi connectivity index (χ0v) is 11.5. The van der Waals surface area contributed by atoms with Crippen molar-refractivity contribution in [3.05, 3.63) is 53.5 Å². The molecule has 0 fully saturated rings. The smallest absolute Gasteiger partial charge is 0.319 e. The van der Waals surface area contributed by atoms with E-state index in [9.17, 15) is 9.90 Å². The third-order valence-corrected chi connectivity index (χ3v) is 3.15. The second-order valence-electron chi connectivity index (χ2n) is 4.71. The van der Waals surface area contributed by atoms with Crippen LogP contribution in [-0.4, -0.2) is 17.7 Å². The number of carbonyl (C=O) groups excluding carboxylic acids is 1. The monoisotopic (exact) mass is 274 g/mol. The lowest BCUT2D eigenvalue weighted by atomic mass is 10.1. The van der Waals surface area contributed by atoms with Gasteiger partial charge in [-0.15, -0.1) is 0 Å². The molecule has 0 aliphatic rings. The molecule has 0 saturated heterocycles. The van der Waals surface area contributed by atoms with E-state index in [0.717, 1.165) is 11.3 Å². The van der Waals surface area contributed by atoms with E-state index in [1.54, 1.807) is 6.07 Å². The first-order valence-corrected chi connectivity index (χ1v) is 6.38. The highest BCUT2D eigenvalue weighted by Crippen LogP contribution is 2.14. The second kappa shape index (κ2) is 6.25. The summed E-state index contributed by atoms with van der Waals surface area (Å²) in [5.41, 5.74) is 3.65. The predicted octanol–water partition coefficient (Wildman–Crippen LogP) is 2.75. The van der Waals surface area contributed by atoms with Crippen molar-refractivity contribution in [3.8, 4) is 0 Å². The van der Waals surface area contributed by atoms with Crippen LogP contribution in [0.2, 0.25) is 0 Å². The molecule has 0 aliphatic carbocycles. The van der Waals surface area contributed by atoms with Gasteiger partial charge in [0.2, 0.25) is 0 Å². The number of amides is 2. The molecule has 5 heteroatoms. The van der Waals surface area contributed by atoms with E-state index in [-0.39, 0.29) is 12.6 Å². The number of benzene rings is 1. The Kier molecular flexibility index (Phi) is 4.42. The molecule has 5 nitrogen and oxygen atoms in total. The summed E-state index contributed by atoms with van der Waals surface area (Å²) in [6.07, 6.45) is 2.15. The van der Waals surface area contributed by atoms with Gasteiger partial charge in [0.25, 0.3) is 0 Å². The van der Waals surface area contributed by atoms with Crippen LogP contribution in [0.3, 0.4) is 0 Å². The first-order valence-electron chi connectivity index (χ1n) is 6.38. The van der Waals surface area contributed by atoms with Gasteiger partial charge >= 0.3 is 6.03 Å². The van der Waals surface area contributed by atoms with Crippen molar-refractivity contribution in [3.63, 3.8) is 0 Å². The van der Waals surface area contributed by atoms with Crippen molar-refractivity contribution in [1.29, 1.82) is 0 Å². The summed E-state index contributed by atoms with van der Waals surface area (Å²) in [7, 11) is 0. The molecule has 0 unspecified atom stereocenters. The highest BCUT2D eigenvalue weighted by atomic mass is 16.3. The molecule has 1 atom stereocenters. The van der Waals surface area contributed by atoms with Crippen LogP contribution < -0.4 is 10.6 Å². The lowest BCUT2D eigenvalue weighted by Crippen LogP contribution is -2.32. The number of rotatable bonds is 4. The Morgan fingerprint density at radius 2 is 2.10 bits per heavy atom. The Labute approximate surface area is 117 Å². The van der Waals surface area contributed by atoms with E-state index in [0.29, 0.717) is 5.56 Å². The third kappa shape index (κ3) is 3.61. The second-order valence-corrected chi connectivity index (χ2v) is 4.71. The first kappa shape index (κ1) is 14.1. The van der Waals surface area contributed by atoms with Gasteiger partial charge in [-0.3, -0.25) is 0 Å². The third-order valence-electron chi connectivity index (χ3n) is 3.15. The normalized spacial score (nSPS) is 11.9. The van der Waals surface area contributed by atoms with Crippen molar-refractivity contribution in [2.45, 2.75) is 20.0 Å². The van der Waals surface area contributed by atoms with E-state index >= 15 is 0 Å². The predicted molar refractivity (Wildman–Crippen MR) is 76.6 cm³/mol. The van der Waals surface area contributed by atoms with E-state index < -0.39 is 6.10 Å². The van der Waals surface area contributed by atoms with Crippen LogP contribution in [0.5, 0.6) is 0 Å². The molecule has 0 bridgehead atoms. The van der Waals surface area contributed by atoms with Crippen molar-refractivity contribution < 1.29 is 14.3 Å². The molecule has 0 saturated carbocycles. The van der Waals surface area contributed by atoms with Gasteiger partial charge in [-0.25, -0.2) is 4.79 Å². The standard InChI is InChI=1S/C15H18N2O3/c1-10-3-4-13(7-11(10)2)17-15(19)16-8-14(18)12-5-6-20-9-12/h3-7,9,14,18H,8H2,1-2H3,(H2,16,17,19)/t14-/m1/s1. The number of hydrogen-bond donors (Lipinski definition) is 3. The fourth-order valence-corrected chi connectivity index (χ4v) is 1.77. The average Bonchev–Trinajstić information content (AvgIpc) is 2.94. The molecule has 0 aliphatic heterocycles. The van der Waals surface area contributed by atoms with Crippen LogP contribution in [0.15, 0.2) is 41.2 Å². The fourth-order valence-electron chi connectivity index (χ4n) is 1.77. The molecule has 1 aromatic heterocycles. The highest BCUT2D eigenvalue weighted by Gasteiger charge is 2.10. The number of furan rings is 1. The van der Waals surface area contributed by atoms with Gasteiger partial charge in [0, 0.05) is 17.8 Å². The average molecular weight is 274 g/mol. The van der Waals surface area contributed by atoms with Crippen LogP contribution in [0.4, 0.5) is 10.5 Å². The van der Waals surface area contributed by atoms with E-state index in [2.05, 4.69) is 10.6 Å². The van der Waals surface area contributed by atoms with Gasteiger partial charge in [0.1, 0.15) is 0 Å². The zero-order valence-electron chi connectivity index (χ0n) is 11.5. The number of aryl methyl sites for hydroxylation is 2. The van der Waals surface area contributed by atoms with E-state index in [1.807, 2.05) is 32.0 Å². The lowest BCUT2D eigenvalue weighted by Gasteiger charge is -2.12. The minimum Gasteiger partial charge on any atom is -0.472 e. The van der Waals surface area contributed by atoms with Crippen molar-refractivity contribution >= 4 is 11.7 Å². The largest absolute Gasteiger partial charge is 0.472 e. The summed E-state index contributed by atoms with van der Waals surface area (Å²) in [5, 5.41) is 15.1. The highest BCUT2D eigenvalue weighted by molar-refractivity contribution is 5.89. The Balaban J connectivity index is 1.85. The van der Waals surface area contributed by atoms with Crippen LogP contribution in [0.25, 0.3) is 0 Å². The maximum atomic E-state index is 11.7. The number of nitrogens with one attached hydrogen (secondary N) is 2. The summed E-state index contributed by atoms with van der Waals surface area (Å²) >= 11 is 0. The topological polar surface area (TPSA) is 74.5 Å². The lowest BCUT2D eigenvalue weighted by molar-refractivity contribution is 0.174. The number of aliphatic hydroxyl groups excluding tert-OH is 1. The maximum absolute atomic E-state index is 11.7. The van der Waals surface area contributed by atoms with Gasteiger partial charge in [0.05, 0.1) is 18.6 Å². The molecule has 1 heterocycles. The quantitative estimate of drug-likeness (QED) is 0.802. The first-order chi connectivity index (χ1) is 9.56. The number of anilines is 1. The van der Waals surface area contributed by atoms with Crippen LogP contribution in [0, 0.1) is 13.8 Å². The summed E-state index contributed by atoms with van der Waals surface area (Å²) in [5.74, 6) is 0. The molecular formula is C15H18N2O3. The number of hydrogen-bond acceptors (Lipinski definition) is 3. The summed E-state index contributed by atoms with van der Waals surface area (Å²) in [6.45, 7) is 4.12. The summed E-state index contributed by atoms with van der Waals surface area (Å²) in [4.78, 5) is 11.7. The van der Waals surface area contributed by atoms with Crippen molar-refractivity contribution in [2.75, 3.05) is 11.9 Å². The van der Waals surface area contributed by atoms with Gasteiger partial charge in [0.15, 0.2) is 0 Å². The summed E-state index contributed by atoms with van der Waals surface area (Å²) in [6, 6.07) is 7.00. The van der Waals surface area contributed by atoms with Crippen molar-refractivity contribution in [2.24, 2.45) is 0 Å². The molecule has 2 aromatic rings. The summed E-state index contributed by atoms with van der Waals surface area (Å²) < 4.78 is 4.87. The Morgan fingerprint density at radius 1 is 1.30 bits per heavy atom. The number of urea groups is 1. The van der Waals surface area contributed by atoms with E-state index in [4.69, 9.17) is 4.42 Å². The zero-order chi connectivity index (χ0) is 14.5. The molecular weight excluding hydrogens is 256 g/mol. The minimum absolute atomic E-state index is 0.121. The molecule has 2 rings (SSSR count). The fraction of sp³-hybridized carbons (Fsp3) is 0.267. The van der Waals surface area contributed by atoms with Crippen LogP contribution in [0.1, 0.15) is 22.8 Å². The molecule has 20 heavy (non-hydrogen) atoms. The van der Waals surface area contributed by atoms with Gasteiger partial charge < -0.3 is 20.2 Å². The van der Waals surface area contributed by atoms with Crippen LogP contribution >= 0.6 is 0 Å². The Morgan fingerprint density at radius 3 is 2.75 bits per heavy atom. The molecule has 0 radical (unpaired) electrons. The van der Waals surface area contributed by atoms with E-state index in [1.165, 1.54) is 18.1 Å². The van der Waals surface area contributed by atoms with Crippen molar-refractivity contribution in [1.82, 2.24) is 5.32 Å². The Bertz CT molecular complexity index is 579. The SMILES string of the molecule is Cc1ccc(NC(=O)NC[C@@H](O)c2ccoc2)cc1C.